The number of thiocarbonyl (C=S) groups is 1. The Morgan fingerprint density at radius 1 is 1.12 bits per heavy atom. The molecule has 2 aliphatic heterocycles. The first-order chi connectivity index (χ1) is 20.3. The number of thioether (sulfide) groups is 1. The van der Waals surface area contributed by atoms with Crippen molar-refractivity contribution in [2.45, 2.75) is 13.0 Å². The van der Waals surface area contributed by atoms with Crippen molar-refractivity contribution in [2.24, 2.45) is 0 Å². The van der Waals surface area contributed by atoms with E-state index in [-0.39, 0.29) is 11.5 Å². The predicted octanol–water partition coefficient (Wildman–Crippen LogP) is 6.26. The Hall–Kier alpha value is -2.99. The monoisotopic (exact) mass is 643 g/mol. The van der Waals surface area contributed by atoms with E-state index in [9.17, 15) is 14.7 Å². The average Bonchev–Trinajstić information content (AvgIpc) is 3.25. The second kappa shape index (κ2) is 14.0. The van der Waals surface area contributed by atoms with Gasteiger partial charge in [-0.3, -0.25) is 14.6 Å². The lowest BCUT2D eigenvalue weighted by Crippen LogP contribution is -2.35. The summed E-state index contributed by atoms with van der Waals surface area (Å²) in [6, 6.07) is 15.8. The Morgan fingerprint density at radius 3 is 2.69 bits per heavy atom. The molecule has 2 aliphatic rings. The highest BCUT2D eigenvalue weighted by atomic mass is 35.5. The van der Waals surface area contributed by atoms with Gasteiger partial charge in [-0.25, -0.2) is 9.78 Å². The van der Waals surface area contributed by atoms with Crippen LogP contribution < -0.4 is 4.74 Å². The number of morpholine rings is 1. The molecule has 2 fully saturated rings. The number of aromatic nitrogens is 1. The molecule has 8 nitrogen and oxygen atoms in total. The van der Waals surface area contributed by atoms with Crippen LogP contribution >= 0.6 is 47.2 Å². The van der Waals surface area contributed by atoms with Crippen LogP contribution in [0.2, 0.25) is 10.0 Å². The highest BCUT2D eigenvalue weighted by Crippen LogP contribution is 2.33. The number of carbonyl (C=O) groups excluding carboxylic acids is 1. The number of carboxylic acid groups (broad SMARTS) is 1. The Kier molecular flexibility index (Phi) is 10.1. The molecule has 0 radical (unpaired) electrons. The van der Waals surface area contributed by atoms with Gasteiger partial charge in [-0.2, -0.15) is 0 Å². The van der Waals surface area contributed by atoms with Gasteiger partial charge in [0.15, 0.2) is 0 Å². The molecule has 0 saturated carbocycles. The third-order valence-corrected chi connectivity index (χ3v) is 8.84. The van der Waals surface area contributed by atoms with Gasteiger partial charge in [0.1, 0.15) is 10.1 Å². The lowest BCUT2D eigenvalue weighted by Gasteiger charge is -2.27. The maximum Gasteiger partial charge on any atom is 0.335 e. The topological polar surface area (TPSA) is 92.2 Å². The molecular formula is C30H27Cl2N3O5S2. The summed E-state index contributed by atoms with van der Waals surface area (Å²) in [5, 5.41) is 10.4. The van der Waals surface area contributed by atoms with E-state index >= 15 is 0 Å². The molecule has 0 atom stereocenters. The van der Waals surface area contributed by atoms with Gasteiger partial charge in [0.05, 0.1) is 51.7 Å². The van der Waals surface area contributed by atoms with Gasteiger partial charge >= 0.3 is 5.97 Å². The first-order valence-corrected chi connectivity index (χ1v) is 15.2. The van der Waals surface area contributed by atoms with Crippen LogP contribution in [0.3, 0.4) is 0 Å². The van der Waals surface area contributed by atoms with Gasteiger partial charge < -0.3 is 14.6 Å². The summed E-state index contributed by atoms with van der Waals surface area (Å²) < 4.78 is 12.0. The number of pyridine rings is 1. The quantitative estimate of drug-likeness (QED) is 0.156. The number of ether oxygens (including phenoxy) is 2. The summed E-state index contributed by atoms with van der Waals surface area (Å²) in [7, 11) is 0. The van der Waals surface area contributed by atoms with Crippen LogP contribution in [0.25, 0.3) is 17.3 Å². The van der Waals surface area contributed by atoms with E-state index in [1.807, 2.05) is 24.3 Å². The molecule has 1 aromatic heterocycles. The Balaban J connectivity index is 1.20. The lowest BCUT2D eigenvalue weighted by molar-refractivity contribution is -0.122. The minimum absolute atomic E-state index is 0.175. The van der Waals surface area contributed by atoms with Crippen LogP contribution in [-0.4, -0.2) is 75.5 Å². The number of carbonyl (C=O) groups is 2. The number of hydrogen-bond acceptors (Lipinski definition) is 8. The fraction of sp³-hybridized carbons (Fsp3) is 0.267. The average molecular weight is 645 g/mol. The number of amides is 1. The molecule has 0 bridgehead atoms. The SMILES string of the molecule is O=C(O)c1ccc(OCCCN2C(=O)C(=Cc3cccc(-c4ccc(Cl)c(Cl)c4)n3)SC2=S)c(CN2CCOCC2)c1. The fourth-order valence-corrected chi connectivity index (χ4v) is 6.15. The minimum atomic E-state index is -0.983. The highest BCUT2D eigenvalue weighted by Gasteiger charge is 2.31. The molecule has 0 unspecified atom stereocenters. The molecule has 5 rings (SSSR count). The predicted molar refractivity (Wildman–Crippen MR) is 169 cm³/mol. The second-order valence-corrected chi connectivity index (χ2v) is 12.1. The van der Waals surface area contributed by atoms with E-state index in [0.717, 1.165) is 24.2 Å². The van der Waals surface area contributed by atoms with E-state index in [1.54, 1.807) is 35.2 Å². The normalized spacial score (nSPS) is 16.8. The van der Waals surface area contributed by atoms with Crippen LogP contribution in [0.4, 0.5) is 0 Å². The summed E-state index contributed by atoms with van der Waals surface area (Å²) in [6.07, 6.45) is 2.28. The third kappa shape index (κ3) is 7.50. The molecule has 3 heterocycles. The largest absolute Gasteiger partial charge is 0.493 e. The van der Waals surface area contributed by atoms with Crippen LogP contribution in [-0.2, 0) is 16.1 Å². The number of rotatable bonds is 10. The molecule has 2 aromatic carbocycles. The number of carboxylic acids is 1. The summed E-state index contributed by atoms with van der Waals surface area (Å²) in [5.74, 6) is -0.529. The van der Waals surface area contributed by atoms with Crippen molar-refractivity contribution in [1.29, 1.82) is 0 Å². The maximum atomic E-state index is 13.2. The van der Waals surface area contributed by atoms with Crippen molar-refractivity contribution in [3.05, 3.63) is 86.4 Å². The van der Waals surface area contributed by atoms with Crippen molar-refractivity contribution >= 4 is 69.5 Å². The van der Waals surface area contributed by atoms with Gasteiger partial charge in [-0.15, -0.1) is 0 Å². The zero-order chi connectivity index (χ0) is 29.6. The zero-order valence-electron chi connectivity index (χ0n) is 22.4. The van der Waals surface area contributed by atoms with E-state index < -0.39 is 5.97 Å². The van der Waals surface area contributed by atoms with Crippen LogP contribution in [0.1, 0.15) is 28.0 Å². The molecule has 3 aromatic rings. The smallest absolute Gasteiger partial charge is 0.335 e. The molecule has 0 spiro atoms. The first kappa shape index (κ1) is 30.5. The van der Waals surface area contributed by atoms with Crippen molar-refractivity contribution in [3.8, 4) is 17.0 Å². The first-order valence-electron chi connectivity index (χ1n) is 13.3. The van der Waals surface area contributed by atoms with Crippen molar-refractivity contribution in [1.82, 2.24) is 14.8 Å². The van der Waals surface area contributed by atoms with E-state index in [2.05, 4.69) is 9.88 Å². The van der Waals surface area contributed by atoms with E-state index in [4.69, 9.17) is 44.9 Å². The van der Waals surface area contributed by atoms with Crippen LogP contribution in [0.15, 0.2) is 59.5 Å². The van der Waals surface area contributed by atoms with Crippen LogP contribution in [0, 0.1) is 0 Å². The number of nitrogens with zero attached hydrogens (tertiary/aromatic N) is 3. The number of benzene rings is 2. The van der Waals surface area contributed by atoms with Gasteiger partial charge in [-0.1, -0.05) is 59.3 Å². The van der Waals surface area contributed by atoms with Crippen molar-refractivity contribution < 1.29 is 24.2 Å². The van der Waals surface area contributed by atoms with E-state index in [1.165, 1.54) is 17.8 Å². The third-order valence-electron chi connectivity index (χ3n) is 6.73. The van der Waals surface area contributed by atoms with Gasteiger partial charge in [0.2, 0.25) is 0 Å². The molecule has 0 aliphatic carbocycles. The number of aromatic carboxylic acids is 1. The highest BCUT2D eigenvalue weighted by molar-refractivity contribution is 8.26. The molecule has 12 heteroatoms. The van der Waals surface area contributed by atoms with Gasteiger partial charge in [-0.05, 0) is 55.0 Å². The molecule has 1 amide bonds. The van der Waals surface area contributed by atoms with Gasteiger partial charge in [0.25, 0.3) is 5.91 Å². The summed E-state index contributed by atoms with van der Waals surface area (Å²) >= 11 is 19.0. The van der Waals surface area contributed by atoms with Gasteiger partial charge in [0, 0.05) is 37.3 Å². The maximum absolute atomic E-state index is 13.2. The summed E-state index contributed by atoms with van der Waals surface area (Å²) in [5.41, 5.74) is 3.17. The molecule has 42 heavy (non-hydrogen) atoms. The van der Waals surface area contributed by atoms with Crippen molar-refractivity contribution in [3.63, 3.8) is 0 Å². The summed E-state index contributed by atoms with van der Waals surface area (Å²) in [4.78, 5) is 33.6. The molecule has 1 N–H and O–H groups in total. The van der Waals surface area contributed by atoms with Crippen molar-refractivity contribution in [2.75, 3.05) is 39.5 Å². The Labute approximate surface area is 263 Å². The Bertz CT molecular complexity index is 1550. The van der Waals surface area contributed by atoms with E-state index in [0.29, 0.717) is 75.7 Å². The zero-order valence-corrected chi connectivity index (χ0v) is 25.6. The number of hydrogen-bond donors (Lipinski definition) is 1. The standard InChI is InChI=1S/C30H27Cl2N3O5S2/c31-23-7-5-19(16-24(23)32)25-4-1-3-22(33-25)17-27-28(36)35(30(41)42-27)9-2-12-40-26-8-6-20(29(37)38)15-21(26)18-34-10-13-39-14-11-34/h1,3-8,15-17H,2,9-14,18H2,(H,37,38). The number of halogens is 2. The molecule has 2 saturated heterocycles. The Morgan fingerprint density at radius 2 is 1.93 bits per heavy atom. The fourth-order valence-electron chi connectivity index (χ4n) is 4.56. The minimum Gasteiger partial charge on any atom is -0.493 e. The molecular weight excluding hydrogens is 617 g/mol. The molecule has 218 valence electrons. The van der Waals surface area contributed by atoms with Crippen LogP contribution in [0.5, 0.6) is 5.75 Å². The second-order valence-electron chi connectivity index (χ2n) is 9.63. The summed E-state index contributed by atoms with van der Waals surface area (Å²) in [6.45, 7) is 4.13. The lowest BCUT2D eigenvalue weighted by atomic mass is 10.1.